The Morgan fingerprint density at radius 3 is 2.57 bits per heavy atom. The molecule has 0 heterocycles. The van der Waals surface area contributed by atoms with Crippen LogP contribution >= 0.6 is 0 Å². The standard InChI is InChI=1S/C9H7NO4/c10-3-5-1-7(12)2-6(4-11)8(5)9(13)14/h1-2,11-12H,4H2,(H,13,14). The first-order valence-electron chi connectivity index (χ1n) is 3.70. The number of hydrogen-bond acceptors (Lipinski definition) is 4. The summed E-state index contributed by atoms with van der Waals surface area (Å²) in [4.78, 5) is 10.7. The van der Waals surface area contributed by atoms with Crippen LogP contribution in [0.3, 0.4) is 0 Å². The average molecular weight is 193 g/mol. The van der Waals surface area contributed by atoms with Crippen LogP contribution < -0.4 is 0 Å². The zero-order chi connectivity index (χ0) is 10.7. The summed E-state index contributed by atoms with van der Waals surface area (Å²) in [5, 5.41) is 35.3. The number of aliphatic hydroxyl groups excluding tert-OH is 1. The van der Waals surface area contributed by atoms with E-state index in [1.165, 1.54) is 0 Å². The lowest BCUT2D eigenvalue weighted by Crippen LogP contribution is -2.05. The second-order valence-corrected chi connectivity index (χ2v) is 2.60. The monoisotopic (exact) mass is 193 g/mol. The zero-order valence-electron chi connectivity index (χ0n) is 7.06. The van der Waals surface area contributed by atoms with Gasteiger partial charge >= 0.3 is 5.97 Å². The van der Waals surface area contributed by atoms with Crippen molar-refractivity contribution in [1.29, 1.82) is 5.26 Å². The second-order valence-electron chi connectivity index (χ2n) is 2.60. The molecule has 1 rings (SSSR count). The van der Waals surface area contributed by atoms with Crippen molar-refractivity contribution < 1.29 is 20.1 Å². The molecule has 3 N–H and O–H groups in total. The third-order valence-electron chi connectivity index (χ3n) is 1.71. The number of carboxylic acids is 1. The predicted octanol–water partition coefficient (Wildman–Crippen LogP) is 0.454. The van der Waals surface area contributed by atoms with Gasteiger partial charge in [0.05, 0.1) is 17.7 Å². The molecule has 0 spiro atoms. The van der Waals surface area contributed by atoms with E-state index < -0.39 is 12.6 Å². The lowest BCUT2D eigenvalue weighted by molar-refractivity contribution is 0.0693. The first kappa shape index (κ1) is 10.0. The topological polar surface area (TPSA) is 102 Å². The molecule has 0 atom stereocenters. The van der Waals surface area contributed by atoms with E-state index in [2.05, 4.69) is 0 Å². The van der Waals surface area contributed by atoms with Gasteiger partial charge in [-0.05, 0) is 17.7 Å². The number of rotatable bonds is 2. The zero-order valence-corrected chi connectivity index (χ0v) is 7.06. The Morgan fingerprint density at radius 2 is 2.14 bits per heavy atom. The third kappa shape index (κ3) is 1.65. The number of hydrogen-bond donors (Lipinski definition) is 3. The highest BCUT2D eigenvalue weighted by atomic mass is 16.4. The molecule has 0 aliphatic heterocycles. The molecule has 0 aliphatic carbocycles. The number of nitrogens with zero attached hydrogens (tertiary/aromatic N) is 1. The van der Waals surface area contributed by atoms with Crippen LogP contribution in [-0.4, -0.2) is 21.3 Å². The normalized spacial score (nSPS) is 9.43. The number of carboxylic acid groups (broad SMARTS) is 1. The predicted molar refractivity (Wildman–Crippen MR) is 45.7 cm³/mol. The van der Waals surface area contributed by atoms with Gasteiger partial charge in [0, 0.05) is 0 Å². The Labute approximate surface area is 79.5 Å². The Balaban J connectivity index is 3.50. The summed E-state index contributed by atoms with van der Waals surface area (Å²) in [5.41, 5.74) is -0.414. The van der Waals surface area contributed by atoms with Gasteiger partial charge in [0.1, 0.15) is 11.8 Å². The van der Waals surface area contributed by atoms with Gasteiger partial charge in [0.15, 0.2) is 0 Å². The molecule has 1 aromatic carbocycles. The Hall–Kier alpha value is -2.06. The molecule has 0 aromatic heterocycles. The summed E-state index contributed by atoms with van der Waals surface area (Å²) in [6.07, 6.45) is 0. The lowest BCUT2D eigenvalue weighted by atomic mass is 10.0. The van der Waals surface area contributed by atoms with Crippen LogP contribution in [0.25, 0.3) is 0 Å². The minimum absolute atomic E-state index is 0.0223. The first-order valence-corrected chi connectivity index (χ1v) is 3.70. The molecule has 0 unspecified atom stereocenters. The highest BCUT2D eigenvalue weighted by Crippen LogP contribution is 2.21. The van der Waals surface area contributed by atoms with Crippen molar-refractivity contribution in [2.75, 3.05) is 0 Å². The molecule has 0 saturated carbocycles. The number of phenols is 1. The first-order chi connectivity index (χ1) is 6.60. The van der Waals surface area contributed by atoms with Crippen LogP contribution in [0.15, 0.2) is 12.1 Å². The summed E-state index contributed by atoms with van der Waals surface area (Å²) in [6.45, 7) is -0.537. The quantitative estimate of drug-likeness (QED) is 0.633. The fourth-order valence-corrected chi connectivity index (χ4v) is 1.15. The van der Waals surface area contributed by atoms with Gasteiger partial charge in [-0.3, -0.25) is 0 Å². The summed E-state index contributed by atoms with van der Waals surface area (Å²) in [7, 11) is 0. The minimum atomic E-state index is -1.30. The molecule has 0 aliphatic rings. The van der Waals surface area contributed by atoms with Gasteiger partial charge in [-0.15, -0.1) is 0 Å². The molecule has 0 saturated heterocycles. The van der Waals surface area contributed by atoms with Gasteiger partial charge in [-0.25, -0.2) is 4.79 Å². The van der Waals surface area contributed by atoms with Crippen molar-refractivity contribution in [2.45, 2.75) is 6.61 Å². The molecule has 0 fully saturated rings. The van der Waals surface area contributed by atoms with Crippen LogP contribution in [0.4, 0.5) is 0 Å². The molecule has 0 amide bonds. The molecule has 0 bridgehead atoms. The molecule has 1 aromatic rings. The van der Waals surface area contributed by atoms with Gasteiger partial charge in [-0.2, -0.15) is 5.26 Å². The van der Waals surface area contributed by atoms with Crippen molar-refractivity contribution in [3.8, 4) is 11.8 Å². The fraction of sp³-hybridized carbons (Fsp3) is 0.111. The minimum Gasteiger partial charge on any atom is -0.508 e. The van der Waals surface area contributed by atoms with Crippen molar-refractivity contribution in [3.63, 3.8) is 0 Å². The Bertz CT molecular complexity index is 420. The van der Waals surface area contributed by atoms with E-state index in [1.807, 2.05) is 0 Å². The van der Waals surface area contributed by atoms with Gasteiger partial charge < -0.3 is 15.3 Å². The smallest absolute Gasteiger partial charge is 0.337 e. The SMILES string of the molecule is N#Cc1cc(O)cc(CO)c1C(=O)O. The second kappa shape index (κ2) is 3.77. The highest BCUT2D eigenvalue weighted by molar-refractivity contribution is 5.92. The van der Waals surface area contributed by atoms with Crippen LogP contribution in [-0.2, 0) is 6.61 Å². The number of carbonyl (C=O) groups is 1. The van der Waals surface area contributed by atoms with Gasteiger partial charge in [0.2, 0.25) is 0 Å². The maximum absolute atomic E-state index is 10.7. The Kier molecular flexibility index (Phi) is 2.70. The number of nitriles is 1. The van der Waals surface area contributed by atoms with Crippen LogP contribution in [0.2, 0.25) is 0 Å². The van der Waals surface area contributed by atoms with Crippen LogP contribution in [0, 0.1) is 11.3 Å². The van der Waals surface area contributed by atoms with Crippen molar-refractivity contribution >= 4 is 5.97 Å². The van der Waals surface area contributed by atoms with E-state index in [1.54, 1.807) is 6.07 Å². The van der Waals surface area contributed by atoms with E-state index in [0.29, 0.717) is 0 Å². The number of aromatic carboxylic acids is 1. The highest BCUT2D eigenvalue weighted by Gasteiger charge is 2.16. The molecular formula is C9H7NO4. The lowest BCUT2D eigenvalue weighted by Gasteiger charge is -2.05. The van der Waals surface area contributed by atoms with E-state index in [4.69, 9.17) is 20.6 Å². The number of benzene rings is 1. The van der Waals surface area contributed by atoms with E-state index in [0.717, 1.165) is 12.1 Å². The molecular weight excluding hydrogens is 186 g/mol. The van der Waals surface area contributed by atoms with E-state index in [9.17, 15) is 4.79 Å². The van der Waals surface area contributed by atoms with Crippen molar-refractivity contribution in [1.82, 2.24) is 0 Å². The molecule has 72 valence electrons. The Morgan fingerprint density at radius 1 is 1.50 bits per heavy atom. The summed E-state index contributed by atoms with van der Waals surface area (Å²) < 4.78 is 0. The number of phenolic OH excluding ortho intramolecular Hbond substituents is 1. The van der Waals surface area contributed by atoms with E-state index >= 15 is 0 Å². The van der Waals surface area contributed by atoms with Crippen LogP contribution in [0.5, 0.6) is 5.75 Å². The average Bonchev–Trinajstić information content (AvgIpc) is 2.15. The fourth-order valence-electron chi connectivity index (χ4n) is 1.15. The molecule has 5 nitrogen and oxygen atoms in total. The summed E-state index contributed by atoms with van der Waals surface area (Å²) in [6, 6.07) is 3.80. The van der Waals surface area contributed by atoms with Crippen molar-refractivity contribution in [2.24, 2.45) is 0 Å². The largest absolute Gasteiger partial charge is 0.508 e. The van der Waals surface area contributed by atoms with Crippen LogP contribution in [0.1, 0.15) is 21.5 Å². The van der Waals surface area contributed by atoms with Gasteiger partial charge in [0.25, 0.3) is 0 Å². The van der Waals surface area contributed by atoms with Crippen molar-refractivity contribution in [3.05, 3.63) is 28.8 Å². The van der Waals surface area contributed by atoms with E-state index in [-0.39, 0.29) is 22.4 Å². The molecule has 0 radical (unpaired) electrons. The maximum atomic E-state index is 10.7. The number of aromatic hydroxyl groups is 1. The molecule has 14 heavy (non-hydrogen) atoms. The maximum Gasteiger partial charge on any atom is 0.337 e. The molecule has 5 heteroatoms. The summed E-state index contributed by atoms with van der Waals surface area (Å²) >= 11 is 0. The third-order valence-corrected chi connectivity index (χ3v) is 1.71. The summed E-state index contributed by atoms with van der Waals surface area (Å²) in [5.74, 6) is -1.54. The number of aliphatic hydroxyl groups is 1. The van der Waals surface area contributed by atoms with Gasteiger partial charge in [-0.1, -0.05) is 0 Å².